The summed E-state index contributed by atoms with van der Waals surface area (Å²) in [5, 5.41) is 13.5. The van der Waals surface area contributed by atoms with Gasteiger partial charge in [-0.1, -0.05) is 44.2 Å². The van der Waals surface area contributed by atoms with Crippen LogP contribution in [0.4, 0.5) is 0 Å². The number of nitrogens with zero attached hydrogens (tertiary/aromatic N) is 1. The molecular weight excluding hydrogens is 248 g/mol. The SMILES string of the molecule is CN(C)C[C@H](O)CN[C@H]1C[C@@H](c2ccccc2)C1(C)C. The van der Waals surface area contributed by atoms with Gasteiger partial charge in [-0.15, -0.1) is 0 Å². The van der Waals surface area contributed by atoms with E-state index in [9.17, 15) is 5.11 Å². The van der Waals surface area contributed by atoms with Crippen molar-refractivity contribution in [3.63, 3.8) is 0 Å². The van der Waals surface area contributed by atoms with E-state index in [1.807, 2.05) is 19.0 Å². The number of hydrogen-bond donors (Lipinski definition) is 2. The molecule has 0 saturated heterocycles. The third-order valence-corrected chi connectivity index (χ3v) is 4.65. The molecule has 1 aliphatic rings. The normalized spacial score (nSPS) is 26.3. The summed E-state index contributed by atoms with van der Waals surface area (Å²) in [6.45, 7) is 6.03. The standard InChI is InChI=1S/C17H28N2O/c1-17(2)15(13-8-6-5-7-9-13)10-16(17)18-11-14(20)12-19(3)4/h5-9,14-16,18,20H,10-12H2,1-4H3/t14-,15+,16+/m1/s1. The summed E-state index contributed by atoms with van der Waals surface area (Å²) in [6, 6.07) is 11.2. The van der Waals surface area contributed by atoms with Crippen LogP contribution in [0.25, 0.3) is 0 Å². The summed E-state index contributed by atoms with van der Waals surface area (Å²) in [5.41, 5.74) is 1.68. The monoisotopic (exact) mass is 276 g/mol. The minimum atomic E-state index is -0.295. The van der Waals surface area contributed by atoms with E-state index in [2.05, 4.69) is 49.5 Å². The minimum Gasteiger partial charge on any atom is -0.390 e. The molecule has 1 saturated carbocycles. The summed E-state index contributed by atoms with van der Waals surface area (Å²) < 4.78 is 0. The van der Waals surface area contributed by atoms with Crippen LogP contribution in [0.3, 0.4) is 0 Å². The fourth-order valence-electron chi connectivity index (χ4n) is 3.29. The van der Waals surface area contributed by atoms with E-state index in [-0.39, 0.29) is 11.5 Å². The van der Waals surface area contributed by atoms with Gasteiger partial charge in [0.25, 0.3) is 0 Å². The van der Waals surface area contributed by atoms with E-state index in [4.69, 9.17) is 0 Å². The topological polar surface area (TPSA) is 35.5 Å². The summed E-state index contributed by atoms with van der Waals surface area (Å²) >= 11 is 0. The average Bonchev–Trinajstić information content (AvgIpc) is 2.37. The van der Waals surface area contributed by atoms with Crippen LogP contribution >= 0.6 is 0 Å². The van der Waals surface area contributed by atoms with Crippen LogP contribution in [0.5, 0.6) is 0 Å². The number of hydrogen-bond acceptors (Lipinski definition) is 3. The highest BCUT2D eigenvalue weighted by atomic mass is 16.3. The Morgan fingerprint density at radius 3 is 2.50 bits per heavy atom. The molecule has 0 unspecified atom stereocenters. The Morgan fingerprint density at radius 1 is 1.30 bits per heavy atom. The molecule has 1 aliphatic carbocycles. The van der Waals surface area contributed by atoms with Gasteiger partial charge in [-0.05, 0) is 37.4 Å². The van der Waals surface area contributed by atoms with Crippen molar-refractivity contribution >= 4 is 0 Å². The number of nitrogens with one attached hydrogen (secondary N) is 1. The zero-order valence-electron chi connectivity index (χ0n) is 13.1. The Balaban J connectivity index is 1.85. The molecule has 3 atom stereocenters. The van der Waals surface area contributed by atoms with Gasteiger partial charge in [0.05, 0.1) is 6.10 Å². The zero-order valence-corrected chi connectivity index (χ0v) is 13.1. The number of rotatable bonds is 6. The van der Waals surface area contributed by atoms with Crippen LogP contribution in [-0.2, 0) is 0 Å². The quantitative estimate of drug-likeness (QED) is 0.835. The molecule has 0 radical (unpaired) electrons. The lowest BCUT2D eigenvalue weighted by atomic mass is 9.56. The molecular formula is C17H28N2O. The van der Waals surface area contributed by atoms with Gasteiger partial charge < -0.3 is 15.3 Å². The largest absolute Gasteiger partial charge is 0.390 e. The van der Waals surface area contributed by atoms with Crippen LogP contribution in [-0.4, -0.2) is 49.3 Å². The van der Waals surface area contributed by atoms with E-state index in [1.165, 1.54) is 5.56 Å². The molecule has 3 heteroatoms. The second-order valence-electron chi connectivity index (χ2n) is 6.90. The first-order valence-electron chi connectivity index (χ1n) is 7.52. The van der Waals surface area contributed by atoms with Crippen molar-refractivity contribution < 1.29 is 5.11 Å². The molecule has 0 spiro atoms. The molecule has 1 aromatic rings. The molecule has 0 aromatic heterocycles. The molecule has 0 bridgehead atoms. The Kier molecular flexibility index (Phi) is 4.84. The smallest absolute Gasteiger partial charge is 0.0791 e. The minimum absolute atomic E-state index is 0.249. The van der Waals surface area contributed by atoms with E-state index in [0.717, 1.165) is 6.42 Å². The van der Waals surface area contributed by atoms with Gasteiger partial charge in [-0.25, -0.2) is 0 Å². The Labute approximate surface area is 123 Å². The summed E-state index contributed by atoms with van der Waals surface area (Å²) in [6.07, 6.45) is 0.864. The summed E-state index contributed by atoms with van der Waals surface area (Å²) in [5.74, 6) is 0.618. The maximum absolute atomic E-state index is 9.94. The molecule has 0 aliphatic heterocycles. The van der Waals surface area contributed by atoms with Crippen LogP contribution in [0.2, 0.25) is 0 Å². The lowest BCUT2D eigenvalue weighted by Gasteiger charge is -2.53. The predicted molar refractivity (Wildman–Crippen MR) is 83.9 cm³/mol. The molecule has 1 fully saturated rings. The van der Waals surface area contributed by atoms with Crippen LogP contribution in [0.15, 0.2) is 30.3 Å². The highest BCUT2D eigenvalue weighted by molar-refractivity contribution is 5.27. The van der Waals surface area contributed by atoms with Gasteiger partial charge in [0.2, 0.25) is 0 Å². The Hall–Kier alpha value is -0.900. The third-order valence-electron chi connectivity index (χ3n) is 4.65. The van der Waals surface area contributed by atoms with Crippen molar-refractivity contribution in [2.24, 2.45) is 5.41 Å². The lowest BCUT2D eigenvalue weighted by Crippen LogP contribution is -2.57. The molecule has 2 rings (SSSR count). The second kappa shape index (κ2) is 6.25. The van der Waals surface area contributed by atoms with E-state index in [0.29, 0.717) is 25.0 Å². The number of aliphatic hydroxyl groups excluding tert-OH is 1. The van der Waals surface area contributed by atoms with Gasteiger partial charge >= 0.3 is 0 Å². The first-order chi connectivity index (χ1) is 9.41. The molecule has 20 heavy (non-hydrogen) atoms. The molecule has 3 nitrogen and oxygen atoms in total. The van der Waals surface area contributed by atoms with Crippen LogP contribution in [0.1, 0.15) is 31.7 Å². The van der Waals surface area contributed by atoms with Gasteiger partial charge in [0.1, 0.15) is 0 Å². The molecule has 0 heterocycles. The Bertz CT molecular complexity index is 416. The number of aliphatic hydroxyl groups is 1. The zero-order chi connectivity index (χ0) is 14.8. The van der Waals surface area contributed by atoms with Crippen LogP contribution < -0.4 is 5.32 Å². The van der Waals surface area contributed by atoms with Crippen molar-refractivity contribution in [3.8, 4) is 0 Å². The molecule has 0 amide bonds. The van der Waals surface area contributed by atoms with Crippen molar-refractivity contribution in [1.82, 2.24) is 10.2 Å². The Morgan fingerprint density at radius 2 is 1.95 bits per heavy atom. The van der Waals surface area contributed by atoms with Crippen molar-refractivity contribution in [2.45, 2.75) is 38.3 Å². The maximum atomic E-state index is 9.94. The van der Waals surface area contributed by atoms with Crippen molar-refractivity contribution in [1.29, 1.82) is 0 Å². The van der Waals surface area contributed by atoms with Gasteiger partial charge in [0.15, 0.2) is 0 Å². The average molecular weight is 276 g/mol. The van der Waals surface area contributed by atoms with E-state index in [1.54, 1.807) is 0 Å². The lowest BCUT2D eigenvalue weighted by molar-refractivity contribution is 0.0513. The van der Waals surface area contributed by atoms with Crippen molar-refractivity contribution in [2.75, 3.05) is 27.2 Å². The number of benzene rings is 1. The van der Waals surface area contributed by atoms with Gasteiger partial charge in [-0.3, -0.25) is 0 Å². The first-order valence-corrected chi connectivity index (χ1v) is 7.52. The van der Waals surface area contributed by atoms with E-state index >= 15 is 0 Å². The summed E-state index contributed by atoms with van der Waals surface area (Å²) in [7, 11) is 3.98. The molecule has 2 N–H and O–H groups in total. The van der Waals surface area contributed by atoms with E-state index < -0.39 is 0 Å². The van der Waals surface area contributed by atoms with Gasteiger partial charge in [0, 0.05) is 19.1 Å². The molecule has 1 aromatic carbocycles. The van der Waals surface area contributed by atoms with Gasteiger partial charge in [-0.2, -0.15) is 0 Å². The number of likely N-dealkylation sites (N-methyl/N-ethyl adjacent to an activating group) is 1. The maximum Gasteiger partial charge on any atom is 0.0791 e. The fourth-order valence-corrected chi connectivity index (χ4v) is 3.29. The van der Waals surface area contributed by atoms with Crippen LogP contribution in [0, 0.1) is 5.41 Å². The highest BCUT2D eigenvalue weighted by Gasteiger charge is 2.48. The summed E-state index contributed by atoms with van der Waals surface area (Å²) in [4.78, 5) is 2.02. The second-order valence-corrected chi connectivity index (χ2v) is 6.90. The molecule has 112 valence electrons. The van der Waals surface area contributed by atoms with Crippen molar-refractivity contribution in [3.05, 3.63) is 35.9 Å². The highest BCUT2D eigenvalue weighted by Crippen LogP contribution is 2.52. The predicted octanol–water partition coefficient (Wildman–Crippen LogP) is 2.08. The third kappa shape index (κ3) is 3.40. The first kappa shape index (κ1) is 15.5. The fraction of sp³-hybridized carbons (Fsp3) is 0.647.